The first-order valence-corrected chi connectivity index (χ1v) is 7.47. The number of imidazole rings is 1. The van der Waals surface area contributed by atoms with E-state index in [1.54, 1.807) is 0 Å². The molecule has 0 radical (unpaired) electrons. The molecule has 0 saturated carbocycles. The lowest BCUT2D eigenvalue weighted by molar-refractivity contribution is 0.551. The van der Waals surface area contributed by atoms with Gasteiger partial charge in [-0.15, -0.1) is 0 Å². The maximum absolute atomic E-state index is 6.19. The Morgan fingerprint density at radius 1 is 1.10 bits per heavy atom. The molecule has 2 aromatic carbocycles. The van der Waals surface area contributed by atoms with Crippen molar-refractivity contribution in [3.8, 4) is 11.4 Å². The summed E-state index contributed by atoms with van der Waals surface area (Å²) >= 11 is 0. The molecule has 1 heterocycles. The quantitative estimate of drug-likeness (QED) is 0.790. The Bertz CT molecular complexity index is 758. The predicted molar refractivity (Wildman–Crippen MR) is 88.2 cm³/mol. The van der Waals surface area contributed by atoms with Crippen LogP contribution in [0.2, 0.25) is 0 Å². The molecule has 3 nitrogen and oxygen atoms in total. The van der Waals surface area contributed by atoms with Gasteiger partial charge in [0.2, 0.25) is 0 Å². The third-order valence-electron chi connectivity index (χ3n) is 3.98. The van der Waals surface area contributed by atoms with Crippen LogP contribution in [-0.2, 0) is 6.54 Å². The third kappa shape index (κ3) is 2.57. The van der Waals surface area contributed by atoms with Crippen molar-refractivity contribution in [2.24, 2.45) is 5.73 Å². The highest BCUT2D eigenvalue weighted by molar-refractivity contribution is 5.81. The van der Waals surface area contributed by atoms with Gasteiger partial charge >= 0.3 is 0 Å². The summed E-state index contributed by atoms with van der Waals surface area (Å²) in [4.78, 5) is 4.84. The SMILES string of the molecule is CCC(N)Cn1c(-c2ccccc2C)nc2ccccc21. The van der Waals surface area contributed by atoms with Gasteiger partial charge in [0.15, 0.2) is 0 Å². The number of para-hydroxylation sites is 2. The highest BCUT2D eigenvalue weighted by atomic mass is 15.1. The first kappa shape index (κ1) is 13.8. The number of hydrogen-bond donors (Lipinski definition) is 1. The van der Waals surface area contributed by atoms with Gasteiger partial charge in [0.1, 0.15) is 5.82 Å². The molecule has 1 unspecified atom stereocenters. The zero-order valence-electron chi connectivity index (χ0n) is 12.6. The summed E-state index contributed by atoms with van der Waals surface area (Å²) in [5.41, 5.74) is 10.8. The lowest BCUT2D eigenvalue weighted by Gasteiger charge is -2.15. The molecule has 2 N–H and O–H groups in total. The molecule has 0 fully saturated rings. The number of benzene rings is 2. The van der Waals surface area contributed by atoms with Crippen molar-refractivity contribution in [1.82, 2.24) is 9.55 Å². The van der Waals surface area contributed by atoms with Crippen molar-refractivity contribution in [3.05, 3.63) is 54.1 Å². The summed E-state index contributed by atoms with van der Waals surface area (Å²) in [6.07, 6.45) is 0.958. The molecule has 0 aliphatic heterocycles. The normalized spacial score (nSPS) is 12.7. The minimum absolute atomic E-state index is 0.144. The van der Waals surface area contributed by atoms with E-state index in [0.29, 0.717) is 0 Å². The van der Waals surface area contributed by atoms with Crippen molar-refractivity contribution in [3.63, 3.8) is 0 Å². The molecule has 0 aliphatic carbocycles. The molecular weight excluding hydrogens is 258 g/mol. The predicted octanol–water partition coefficient (Wildman–Crippen LogP) is 3.75. The fourth-order valence-electron chi connectivity index (χ4n) is 2.65. The molecule has 0 spiro atoms. The summed E-state index contributed by atoms with van der Waals surface area (Å²) in [6, 6.07) is 16.8. The number of aromatic nitrogens is 2. The molecule has 0 amide bonds. The average Bonchev–Trinajstić information content (AvgIpc) is 2.86. The minimum atomic E-state index is 0.144. The molecule has 108 valence electrons. The number of hydrogen-bond acceptors (Lipinski definition) is 2. The number of fused-ring (bicyclic) bond motifs is 1. The first-order valence-electron chi connectivity index (χ1n) is 7.47. The molecule has 3 heteroatoms. The number of nitrogens with two attached hydrogens (primary N) is 1. The largest absolute Gasteiger partial charge is 0.326 e. The molecule has 0 saturated heterocycles. The molecule has 3 rings (SSSR count). The van der Waals surface area contributed by atoms with Crippen LogP contribution in [0.3, 0.4) is 0 Å². The Hall–Kier alpha value is -2.13. The van der Waals surface area contributed by atoms with E-state index >= 15 is 0 Å². The van der Waals surface area contributed by atoms with Crippen LogP contribution in [0.5, 0.6) is 0 Å². The second kappa shape index (κ2) is 5.70. The van der Waals surface area contributed by atoms with Crippen LogP contribution in [0.1, 0.15) is 18.9 Å². The molecule has 21 heavy (non-hydrogen) atoms. The van der Waals surface area contributed by atoms with Gasteiger partial charge in [-0.25, -0.2) is 4.98 Å². The highest BCUT2D eigenvalue weighted by Gasteiger charge is 2.15. The zero-order chi connectivity index (χ0) is 14.8. The smallest absolute Gasteiger partial charge is 0.141 e. The van der Waals surface area contributed by atoms with Crippen molar-refractivity contribution in [1.29, 1.82) is 0 Å². The van der Waals surface area contributed by atoms with Crippen molar-refractivity contribution in [2.75, 3.05) is 0 Å². The van der Waals surface area contributed by atoms with E-state index in [2.05, 4.69) is 60.9 Å². The number of aryl methyl sites for hydroxylation is 1. The van der Waals surface area contributed by atoms with Gasteiger partial charge in [-0.05, 0) is 31.0 Å². The van der Waals surface area contributed by atoms with Crippen LogP contribution < -0.4 is 5.73 Å². The van der Waals surface area contributed by atoms with Crippen LogP contribution in [-0.4, -0.2) is 15.6 Å². The second-order valence-electron chi connectivity index (χ2n) is 5.52. The Morgan fingerprint density at radius 3 is 2.57 bits per heavy atom. The minimum Gasteiger partial charge on any atom is -0.326 e. The van der Waals surface area contributed by atoms with Crippen LogP contribution in [0.25, 0.3) is 22.4 Å². The van der Waals surface area contributed by atoms with Gasteiger partial charge in [0, 0.05) is 18.2 Å². The topological polar surface area (TPSA) is 43.8 Å². The summed E-state index contributed by atoms with van der Waals surface area (Å²) in [5, 5.41) is 0. The van der Waals surface area contributed by atoms with E-state index in [0.717, 1.165) is 29.8 Å². The lowest BCUT2D eigenvalue weighted by Crippen LogP contribution is -2.25. The molecule has 0 bridgehead atoms. The number of nitrogens with zero attached hydrogens (tertiary/aromatic N) is 2. The Morgan fingerprint density at radius 2 is 1.81 bits per heavy atom. The lowest BCUT2D eigenvalue weighted by atomic mass is 10.1. The van der Waals surface area contributed by atoms with E-state index in [4.69, 9.17) is 10.7 Å². The molecule has 0 aliphatic rings. The van der Waals surface area contributed by atoms with Crippen LogP contribution in [0.4, 0.5) is 0 Å². The van der Waals surface area contributed by atoms with Gasteiger partial charge in [-0.3, -0.25) is 0 Å². The Kier molecular flexibility index (Phi) is 3.76. The van der Waals surface area contributed by atoms with Crippen LogP contribution in [0, 0.1) is 6.92 Å². The van der Waals surface area contributed by atoms with Crippen molar-refractivity contribution < 1.29 is 0 Å². The summed E-state index contributed by atoms with van der Waals surface area (Å²) in [7, 11) is 0. The van der Waals surface area contributed by atoms with Crippen LogP contribution >= 0.6 is 0 Å². The van der Waals surface area contributed by atoms with Gasteiger partial charge in [-0.1, -0.05) is 43.3 Å². The maximum Gasteiger partial charge on any atom is 0.141 e. The molecule has 1 aromatic heterocycles. The van der Waals surface area contributed by atoms with Gasteiger partial charge in [0.05, 0.1) is 11.0 Å². The van der Waals surface area contributed by atoms with Crippen molar-refractivity contribution in [2.45, 2.75) is 32.9 Å². The van der Waals surface area contributed by atoms with E-state index in [1.807, 2.05) is 6.07 Å². The average molecular weight is 279 g/mol. The summed E-state index contributed by atoms with van der Waals surface area (Å²) < 4.78 is 2.26. The third-order valence-corrected chi connectivity index (χ3v) is 3.98. The molecule has 3 aromatic rings. The molecular formula is C18H21N3. The summed E-state index contributed by atoms with van der Waals surface area (Å²) in [6.45, 7) is 5.04. The summed E-state index contributed by atoms with van der Waals surface area (Å²) in [5.74, 6) is 1.01. The number of rotatable bonds is 4. The van der Waals surface area contributed by atoms with E-state index in [9.17, 15) is 0 Å². The highest BCUT2D eigenvalue weighted by Crippen LogP contribution is 2.27. The van der Waals surface area contributed by atoms with E-state index in [-0.39, 0.29) is 6.04 Å². The van der Waals surface area contributed by atoms with Gasteiger partial charge in [0.25, 0.3) is 0 Å². The second-order valence-corrected chi connectivity index (χ2v) is 5.52. The Labute approximate surface area is 125 Å². The van der Waals surface area contributed by atoms with Crippen molar-refractivity contribution >= 4 is 11.0 Å². The van der Waals surface area contributed by atoms with Gasteiger partial charge in [-0.2, -0.15) is 0 Å². The van der Waals surface area contributed by atoms with E-state index in [1.165, 1.54) is 11.1 Å². The molecule has 1 atom stereocenters. The zero-order valence-corrected chi connectivity index (χ0v) is 12.6. The fraction of sp³-hybridized carbons (Fsp3) is 0.278. The van der Waals surface area contributed by atoms with Crippen LogP contribution in [0.15, 0.2) is 48.5 Å². The maximum atomic E-state index is 6.19. The first-order chi connectivity index (χ1) is 10.2. The fourth-order valence-corrected chi connectivity index (χ4v) is 2.65. The standard InChI is InChI=1S/C18H21N3/c1-3-14(19)12-21-17-11-7-6-10-16(17)20-18(21)15-9-5-4-8-13(15)2/h4-11,14H,3,12,19H2,1-2H3. The monoisotopic (exact) mass is 279 g/mol. The van der Waals surface area contributed by atoms with Gasteiger partial charge < -0.3 is 10.3 Å². The Balaban J connectivity index is 2.21. The van der Waals surface area contributed by atoms with E-state index < -0.39 is 0 Å².